The van der Waals surface area contributed by atoms with Gasteiger partial charge in [-0.2, -0.15) is 0 Å². The summed E-state index contributed by atoms with van der Waals surface area (Å²) in [5, 5.41) is 8.45. The third-order valence-corrected chi connectivity index (χ3v) is 5.33. The maximum Gasteiger partial charge on any atom is 0.168 e. The van der Waals surface area contributed by atoms with Crippen molar-refractivity contribution < 1.29 is 4.74 Å². The Bertz CT molecular complexity index is 1120. The summed E-state index contributed by atoms with van der Waals surface area (Å²) < 4.78 is 9.95. The van der Waals surface area contributed by atoms with Crippen LogP contribution < -0.4 is 14.5 Å². The lowest BCUT2D eigenvalue weighted by atomic mass is 10.2. The molecular weight excluding hydrogens is 370 g/mol. The first-order valence-corrected chi connectivity index (χ1v) is 9.66. The van der Waals surface area contributed by atoms with Gasteiger partial charge in [-0.15, -0.1) is 5.10 Å². The predicted molar refractivity (Wildman–Crippen MR) is 112 cm³/mol. The molecule has 1 aliphatic heterocycles. The molecule has 0 radical (unpaired) electrons. The molecular formula is C21H17N5OS. The lowest BCUT2D eigenvalue weighted by Crippen LogP contribution is -2.23. The smallest absolute Gasteiger partial charge is 0.168 e. The minimum Gasteiger partial charge on any atom is -0.457 e. The van der Waals surface area contributed by atoms with Crippen LogP contribution >= 0.6 is 11.5 Å². The molecule has 138 valence electrons. The van der Waals surface area contributed by atoms with Gasteiger partial charge in [-0.3, -0.25) is 0 Å². The lowest BCUT2D eigenvalue weighted by molar-refractivity contribution is 0.483. The Morgan fingerprint density at radius 2 is 1.68 bits per heavy atom. The highest BCUT2D eigenvalue weighted by atomic mass is 32.1. The van der Waals surface area contributed by atoms with Crippen LogP contribution in [0.3, 0.4) is 0 Å². The lowest BCUT2D eigenvalue weighted by Gasteiger charge is -2.20. The van der Waals surface area contributed by atoms with E-state index in [1.165, 1.54) is 22.9 Å². The Balaban J connectivity index is 1.42. The summed E-state index contributed by atoms with van der Waals surface area (Å²) in [5.74, 6) is 1.54. The number of nitrogens with zero attached hydrogens (tertiary/aromatic N) is 5. The van der Waals surface area contributed by atoms with Crippen LogP contribution in [0.15, 0.2) is 72.8 Å². The van der Waals surface area contributed by atoms with Crippen molar-refractivity contribution in [2.45, 2.75) is 0 Å². The number of para-hydroxylation sites is 2. The van der Waals surface area contributed by atoms with E-state index in [4.69, 9.17) is 4.74 Å². The Labute approximate surface area is 166 Å². The highest BCUT2D eigenvalue weighted by Crippen LogP contribution is 2.40. The number of ether oxygens (including phenoxy) is 1. The van der Waals surface area contributed by atoms with Crippen molar-refractivity contribution in [3.63, 3.8) is 0 Å². The molecule has 6 nitrogen and oxygen atoms in total. The van der Waals surface area contributed by atoms with Gasteiger partial charge >= 0.3 is 0 Å². The van der Waals surface area contributed by atoms with Crippen molar-refractivity contribution >= 4 is 28.6 Å². The van der Waals surface area contributed by atoms with Crippen molar-refractivity contribution in [2.75, 3.05) is 23.5 Å². The first kappa shape index (κ1) is 16.7. The molecule has 7 heteroatoms. The molecule has 0 bridgehead atoms. The molecule has 0 N–H and O–H groups in total. The fourth-order valence-electron chi connectivity index (χ4n) is 3.39. The van der Waals surface area contributed by atoms with Crippen LogP contribution in [0.2, 0.25) is 0 Å². The number of hydrogen-bond donors (Lipinski definition) is 0. The Morgan fingerprint density at radius 3 is 2.50 bits per heavy atom. The van der Waals surface area contributed by atoms with Gasteiger partial charge in [-0.25, -0.2) is 0 Å². The maximum atomic E-state index is 6.13. The fourth-order valence-corrected chi connectivity index (χ4v) is 3.84. The topological polar surface area (TPSA) is 54.4 Å². The number of rotatable bonds is 4. The number of benzene rings is 3. The Kier molecular flexibility index (Phi) is 4.14. The molecule has 0 amide bonds. The number of hydrogen-bond acceptors (Lipinski definition) is 7. The zero-order valence-electron chi connectivity index (χ0n) is 15.2. The average Bonchev–Trinajstić information content (AvgIpc) is 3.38. The molecule has 4 aromatic rings. The number of aromatic nitrogens is 3. The fraction of sp³-hybridized carbons (Fsp3) is 0.0952. The molecule has 0 saturated carbocycles. The van der Waals surface area contributed by atoms with Crippen LogP contribution in [-0.2, 0) is 0 Å². The molecule has 0 spiro atoms. The van der Waals surface area contributed by atoms with E-state index >= 15 is 0 Å². The normalized spacial score (nSPS) is 12.9. The van der Waals surface area contributed by atoms with E-state index in [1.807, 2.05) is 36.4 Å². The third-order valence-electron chi connectivity index (χ3n) is 4.68. The van der Waals surface area contributed by atoms with E-state index < -0.39 is 0 Å². The highest BCUT2D eigenvalue weighted by Gasteiger charge is 2.24. The molecule has 1 aliphatic rings. The zero-order valence-corrected chi connectivity index (χ0v) is 16.0. The standard InChI is InChI=1S/C21H17N5OS/c1-25-14-26(20-11-3-2-10-19(20)25)16-7-5-9-18(13-16)27-17-8-4-6-15(12-17)21-22-23-24-28-21/h2-13H,14H2,1H3. The van der Waals surface area contributed by atoms with Crippen LogP contribution in [-0.4, -0.2) is 28.5 Å². The van der Waals surface area contributed by atoms with Crippen molar-refractivity contribution in [3.05, 3.63) is 72.8 Å². The summed E-state index contributed by atoms with van der Waals surface area (Å²) in [6, 6.07) is 24.4. The van der Waals surface area contributed by atoms with Gasteiger partial charge in [0.05, 0.1) is 18.0 Å². The van der Waals surface area contributed by atoms with E-state index in [2.05, 4.69) is 68.0 Å². The minimum absolute atomic E-state index is 0.754. The molecule has 0 aliphatic carbocycles. The monoisotopic (exact) mass is 387 g/mol. The van der Waals surface area contributed by atoms with Gasteiger partial charge in [0, 0.05) is 35.9 Å². The molecule has 2 heterocycles. The minimum atomic E-state index is 0.754. The van der Waals surface area contributed by atoms with Gasteiger partial charge in [0.1, 0.15) is 11.5 Å². The van der Waals surface area contributed by atoms with Crippen LogP contribution in [0.5, 0.6) is 11.5 Å². The highest BCUT2D eigenvalue weighted by molar-refractivity contribution is 7.08. The van der Waals surface area contributed by atoms with Gasteiger partial charge in [0.15, 0.2) is 5.01 Å². The third kappa shape index (κ3) is 3.05. The van der Waals surface area contributed by atoms with Crippen molar-refractivity contribution in [1.29, 1.82) is 0 Å². The van der Waals surface area contributed by atoms with E-state index in [9.17, 15) is 0 Å². The predicted octanol–water partition coefficient (Wildman–Crippen LogP) is 4.94. The largest absolute Gasteiger partial charge is 0.457 e. The Hall–Kier alpha value is -3.45. The van der Waals surface area contributed by atoms with Crippen molar-refractivity contribution in [3.8, 4) is 22.1 Å². The molecule has 1 aromatic heterocycles. The maximum absolute atomic E-state index is 6.13. The molecule has 0 saturated heterocycles. The summed E-state index contributed by atoms with van der Waals surface area (Å²) in [4.78, 5) is 4.52. The molecule has 5 rings (SSSR count). The van der Waals surface area contributed by atoms with Crippen LogP contribution in [0.4, 0.5) is 17.1 Å². The summed E-state index contributed by atoms with van der Waals surface area (Å²) in [6.07, 6.45) is 0. The molecule has 3 aromatic carbocycles. The first-order valence-electron chi connectivity index (χ1n) is 8.89. The summed E-state index contributed by atoms with van der Waals surface area (Å²) in [5.41, 5.74) is 4.47. The molecule has 0 fully saturated rings. The quantitative estimate of drug-likeness (QED) is 0.494. The summed E-state index contributed by atoms with van der Waals surface area (Å²) in [7, 11) is 2.10. The van der Waals surface area contributed by atoms with E-state index in [-0.39, 0.29) is 0 Å². The second-order valence-electron chi connectivity index (χ2n) is 6.55. The van der Waals surface area contributed by atoms with Gasteiger partial charge in [0.25, 0.3) is 0 Å². The zero-order chi connectivity index (χ0) is 18.9. The van der Waals surface area contributed by atoms with Crippen LogP contribution in [0.25, 0.3) is 10.6 Å². The van der Waals surface area contributed by atoms with Gasteiger partial charge in [0.2, 0.25) is 0 Å². The molecule has 0 atom stereocenters. The second-order valence-corrected chi connectivity index (χ2v) is 7.28. The number of fused-ring (bicyclic) bond motifs is 1. The molecule has 28 heavy (non-hydrogen) atoms. The van der Waals surface area contributed by atoms with Crippen LogP contribution in [0.1, 0.15) is 0 Å². The summed E-state index contributed by atoms with van der Waals surface area (Å²) in [6.45, 7) is 0.808. The van der Waals surface area contributed by atoms with E-state index in [0.29, 0.717) is 0 Å². The molecule has 0 unspecified atom stereocenters. The van der Waals surface area contributed by atoms with Gasteiger partial charge in [-0.05, 0) is 41.6 Å². The van der Waals surface area contributed by atoms with Crippen LogP contribution in [0, 0.1) is 0 Å². The van der Waals surface area contributed by atoms with Gasteiger partial charge in [-0.1, -0.05) is 34.8 Å². The van der Waals surface area contributed by atoms with Gasteiger partial charge < -0.3 is 14.5 Å². The van der Waals surface area contributed by atoms with E-state index in [1.54, 1.807) is 0 Å². The van der Waals surface area contributed by atoms with Crippen molar-refractivity contribution in [1.82, 2.24) is 14.8 Å². The second kappa shape index (κ2) is 6.94. The SMILES string of the molecule is CN1CN(c2cccc(Oc3cccc(-c4nnns4)c3)c2)c2ccccc21. The van der Waals surface area contributed by atoms with Crippen molar-refractivity contribution in [2.24, 2.45) is 0 Å². The Morgan fingerprint density at radius 1 is 0.893 bits per heavy atom. The average molecular weight is 387 g/mol. The van der Waals surface area contributed by atoms with E-state index in [0.717, 1.165) is 34.4 Å². The first-order chi connectivity index (χ1) is 13.8. The summed E-state index contributed by atoms with van der Waals surface area (Å²) >= 11 is 1.26. The number of anilines is 3.